The molecule has 0 fully saturated rings. The second-order valence-electron chi connectivity index (χ2n) is 5.60. The smallest absolute Gasteiger partial charge is 0.322 e. The van der Waals surface area contributed by atoms with Gasteiger partial charge in [0.15, 0.2) is 0 Å². The van der Waals surface area contributed by atoms with Crippen molar-refractivity contribution in [2.75, 3.05) is 18.8 Å². The maximum Gasteiger partial charge on any atom is 0.322 e. The van der Waals surface area contributed by atoms with Gasteiger partial charge >= 0.3 is 18.0 Å². The third-order valence-electron chi connectivity index (χ3n) is 3.30. The summed E-state index contributed by atoms with van der Waals surface area (Å²) in [5.74, 6) is -2.40. The molecule has 12 heteroatoms. The van der Waals surface area contributed by atoms with Crippen molar-refractivity contribution in [2.24, 2.45) is 5.73 Å². The van der Waals surface area contributed by atoms with Gasteiger partial charge in [0.25, 0.3) is 0 Å². The third kappa shape index (κ3) is 9.58. The second kappa shape index (κ2) is 12.2. The highest BCUT2D eigenvalue weighted by atomic mass is 79.9. The number of nitrogens with two attached hydrogens (primary N) is 1. The van der Waals surface area contributed by atoms with E-state index in [0.29, 0.717) is 5.75 Å². The maximum absolute atomic E-state index is 12.2. The van der Waals surface area contributed by atoms with Crippen molar-refractivity contribution in [3.63, 3.8) is 0 Å². The molecule has 1 rings (SSSR count). The van der Waals surface area contributed by atoms with Gasteiger partial charge in [0.05, 0.1) is 0 Å². The van der Waals surface area contributed by atoms with Crippen LogP contribution in [0.1, 0.15) is 5.56 Å². The van der Waals surface area contributed by atoms with Crippen LogP contribution in [0.2, 0.25) is 0 Å². The van der Waals surface area contributed by atoms with E-state index in [0.717, 1.165) is 10.0 Å². The molecular weight excluding hydrogens is 456 g/mol. The molecule has 1 aromatic carbocycles. The fraction of sp³-hybridized carbons (Fsp3) is 0.375. The van der Waals surface area contributed by atoms with Crippen molar-refractivity contribution >= 4 is 51.6 Å². The summed E-state index contributed by atoms with van der Waals surface area (Å²) in [6, 6.07) is 4.50. The van der Waals surface area contributed by atoms with E-state index in [9.17, 15) is 19.2 Å². The van der Waals surface area contributed by atoms with E-state index in [-0.39, 0.29) is 12.3 Å². The number of nitrogens with one attached hydrogen (secondary N) is 3. The summed E-state index contributed by atoms with van der Waals surface area (Å²) in [6.45, 7) is -0.906. The summed E-state index contributed by atoms with van der Waals surface area (Å²) in [7, 11) is 0. The quantitative estimate of drug-likeness (QED) is 0.258. The topological polar surface area (TPSA) is 171 Å². The first-order chi connectivity index (χ1) is 13.2. The van der Waals surface area contributed by atoms with Gasteiger partial charge in [-0.05, 0) is 17.7 Å². The van der Waals surface area contributed by atoms with Crippen LogP contribution in [0.3, 0.4) is 0 Å². The lowest BCUT2D eigenvalue weighted by molar-refractivity contribution is -0.138. The molecule has 0 radical (unpaired) electrons. The zero-order chi connectivity index (χ0) is 21.1. The van der Waals surface area contributed by atoms with Gasteiger partial charge in [-0.15, -0.1) is 0 Å². The standard InChI is InChI=1S/C16H21BrN4O6S/c17-10-3-1-9(2-4-10)7-28-8-12(14(24)19-6-13(22)23)21-16(27)20-5-11(18)15(25)26/h1-4,11-12H,5-8,18H2,(H,19,24)(H,22,23)(H,25,26)(H2,20,21,27). The summed E-state index contributed by atoms with van der Waals surface area (Å²) >= 11 is 4.71. The first-order valence-corrected chi connectivity index (χ1v) is 9.98. The molecule has 0 aliphatic heterocycles. The highest BCUT2D eigenvalue weighted by Crippen LogP contribution is 2.16. The molecule has 1 aromatic rings. The lowest BCUT2D eigenvalue weighted by atomic mass is 10.2. The summed E-state index contributed by atoms with van der Waals surface area (Å²) < 4.78 is 0.935. The van der Waals surface area contributed by atoms with Gasteiger partial charge in [0.2, 0.25) is 5.91 Å². The molecule has 10 nitrogen and oxygen atoms in total. The molecule has 28 heavy (non-hydrogen) atoms. The van der Waals surface area contributed by atoms with E-state index in [1.54, 1.807) is 0 Å². The summed E-state index contributed by atoms with van der Waals surface area (Å²) in [4.78, 5) is 45.4. The van der Waals surface area contributed by atoms with E-state index in [2.05, 4.69) is 31.9 Å². The Balaban J connectivity index is 2.60. The zero-order valence-electron chi connectivity index (χ0n) is 14.7. The van der Waals surface area contributed by atoms with E-state index < -0.39 is 42.5 Å². The summed E-state index contributed by atoms with van der Waals surface area (Å²) in [5, 5.41) is 24.3. The maximum atomic E-state index is 12.2. The van der Waals surface area contributed by atoms with Crippen LogP contribution in [0.5, 0.6) is 0 Å². The number of carbonyl (C=O) groups is 4. The SMILES string of the molecule is NC(CNC(=O)NC(CSCc1ccc(Br)cc1)C(=O)NCC(=O)O)C(=O)O. The Morgan fingerprint density at radius 3 is 2.32 bits per heavy atom. The lowest BCUT2D eigenvalue weighted by Gasteiger charge is -2.18. The van der Waals surface area contributed by atoms with Crippen LogP contribution in [-0.2, 0) is 20.1 Å². The Morgan fingerprint density at radius 2 is 1.75 bits per heavy atom. The second-order valence-corrected chi connectivity index (χ2v) is 7.55. The Morgan fingerprint density at radius 1 is 1.11 bits per heavy atom. The number of benzene rings is 1. The van der Waals surface area contributed by atoms with Crippen LogP contribution in [0.25, 0.3) is 0 Å². The molecule has 0 saturated carbocycles. The minimum atomic E-state index is -1.28. The molecule has 154 valence electrons. The van der Waals surface area contributed by atoms with Gasteiger partial charge in [-0.2, -0.15) is 11.8 Å². The van der Waals surface area contributed by atoms with Crippen LogP contribution in [-0.4, -0.2) is 65.0 Å². The predicted molar refractivity (Wildman–Crippen MR) is 107 cm³/mol. The summed E-state index contributed by atoms with van der Waals surface area (Å²) in [5.41, 5.74) is 6.31. The minimum absolute atomic E-state index is 0.180. The van der Waals surface area contributed by atoms with Crippen molar-refractivity contribution in [1.82, 2.24) is 16.0 Å². The molecule has 0 aromatic heterocycles. The highest BCUT2D eigenvalue weighted by molar-refractivity contribution is 9.10. The van der Waals surface area contributed by atoms with Crippen LogP contribution >= 0.6 is 27.7 Å². The number of hydrogen-bond donors (Lipinski definition) is 6. The lowest BCUT2D eigenvalue weighted by Crippen LogP contribution is -2.54. The van der Waals surface area contributed by atoms with E-state index >= 15 is 0 Å². The number of halogens is 1. The number of rotatable bonds is 11. The van der Waals surface area contributed by atoms with Crippen molar-refractivity contribution in [2.45, 2.75) is 17.8 Å². The zero-order valence-corrected chi connectivity index (χ0v) is 17.1. The number of carbonyl (C=O) groups excluding carboxylic acids is 2. The van der Waals surface area contributed by atoms with Gasteiger partial charge in [-0.25, -0.2) is 4.79 Å². The minimum Gasteiger partial charge on any atom is -0.480 e. The van der Waals surface area contributed by atoms with Crippen molar-refractivity contribution in [3.8, 4) is 0 Å². The largest absolute Gasteiger partial charge is 0.480 e. The summed E-state index contributed by atoms with van der Waals surface area (Å²) in [6.07, 6.45) is 0. The Labute approximate surface area is 173 Å². The predicted octanol–water partition coefficient (Wildman–Crippen LogP) is -0.0372. The fourth-order valence-electron chi connectivity index (χ4n) is 1.84. The van der Waals surface area contributed by atoms with Crippen molar-refractivity contribution in [3.05, 3.63) is 34.3 Å². The van der Waals surface area contributed by atoms with Crippen LogP contribution in [0.4, 0.5) is 4.79 Å². The van der Waals surface area contributed by atoms with E-state index in [1.807, 2.05) is 24.3 Å². The average Bonchev–Trinajstić information content (AvgIpc) is 2.64. The molecule has 2 atom stereocenters. The van der Waals surface area contributed by atoms with Gasteiger partial charge in [0, 0.05) is 22.5 Å². The number of urea groups is 1. The number of hydrogen-bond acceptors (Lipinski definition) is 6. The van der Waals surface area contributed by atoms with Crippen LogP contribution in [0.15, 0.2) is 28.7 Å². The number of amides is 3. The molecule has 0 heterocycles. The molecule has 0 spiro atoms. The number of carboxylic acids is 2. The molecule has 3 amide bonds. The van der Waals surface area contributed by atoms with Gasteiger partial charge in [-0.1, -0.05) is 28.1 Å². The number of carboxylic acid groups (broad SMARTS) is 2. The molecule has 0 bridgehead atoms. The Hall–Kier alpha value is -2.31. The van der Waals surface area contributed by atoms with Crippen molar-refractivity contribution < 1.29 is 29.4 Å². The van der Waals surface area contributed by atoms with Crippen LogP contribution < -0.4 is 21.7 Å². The first-order valence-electron chi connectivity index (χ1n) is 8.03. The Kier molecular flexibility index (Phi) is 10.3. The highest BCUT2D eigenvalue weighted by Gasteiger charge is 2.22. The van der Waals surface area contributed by atoms with Gasteiger partial charge < -0.3 is 31.9 Å². The van der Waals surface area contributed by atoms with Gasteiger partial charge in [0.1, 0.15) is 18.6 Å². The van der Waals surface area contributed by atoms with Crippen molar-refractivity contribution in [1.29, 1.82) is 0 Å². The third-order valence-corrected chi connectivity index (χ3v) is 4.94. The van der Waals surface area contributed by atoms with E-state index in [1.165, 1.54) is 11.8 Å². The molecular formula is C16H21BrN4O6S. The molecule has 0 saturated heterocycles. The Bertz CT molecular complexity index is 703. The fourth-order valence-corrected chi connectivity index (χ4v) is 3.12. The average molecular weight is 477 g/mol. The van der Waals surface area contributed by atoms with Crippen LogP contribution in [0, 0.1) is 0 Å². The molecule has 0 aliphatic carbocycles. The first kappa shape index (κ1) is 23.7. The van der Waals surface area contributed by atoms with Gasteiger partial charge in [-0.3, -0.25) is 14.4 Å². The monoisotopic (exact) mass is 476 g/mol. The number of aliphatic carboxylic acids is 2. The molecule has 0 aliphatic rings. The molecule has 2 unspecified atom stereocenters. The van der Waals surface area contributed by atoms with E-state index in [4.69, 9.17) is 15.9 Å². The normalized spacial score (nSPS) is 12.5. The number of thioether (sulfide) groups is 1. The molecule has 7 N–H and O–H groups in total.